The number of amides is 2. The molecule has 2 aromatic rings. The maximum absolute atomic E-state index is 12.1. The lowest BCUT2D eigenvalue weighted by Gasteiger charge is -2.18. The zero-order valence-electron chi connectivity index (χ0n) is 13.8. The molecular formula is C18H21ClN2O3. The Morgan fingerprint density at radius 3 is 2.46 bits per heavy atom. The number of carbonyl (C=O) groups excluding carboxylic acids is 1. The van der Waals surface area contributed by atoms with E-state index in [1.807, 2.05) is 42.5 Å². The molecule has 0 fully saturated rings. The molecule has 6 heteroatoms. The van der Waals surface area contributed by atoms with Gasteiger partial charge in [0.1, 0.15) is 18.1 Å². The second-order valence-electron chi connectivity index (χ2n) is 5.20. The summed E-state index contributed by atoms with van der Waals surface area (Å²) in [6, 6.07) is 14.6. The highest BCUT2D eigenvalue weighted by Crippen LogP contribution is 2.17. The van der Waals surface area contributed by atoms with Gasteiger partial charge in [-0.15, -0.1) is 0 Å². The maximum Gasteiger partial charge on any atom is 0.317 e. The first-order chi connectivity index (χ1) is 11.6. The van der Waals surface area contributed by atoms with Crippen LogP contribution < -0.4 is 14.8 Å². The van der Waals surface area contributed by atoms with Crippen molar-refractivity contribution in [2.24, 2.45) is 0 Å². The first-order valence-corrected chi connectivity index (χ1v) is 7.97. The Kier molecular flexibility index (Phi) is 6.75. The minimum atomic E-state index is -0.173. The number of benzene rings is 2. The maximum atomic E-state index is 12.1. The molecule has 0 spiro atoms. The van der Waals surface area contributed by atoms with Gasteiger partial charge in [-0.2, -0.15) is 0 Å². The number of nitrogens with zero attached hydrogens (tertiary/aromatic N) is 1. The highest BCUT2D eigenvalue weighted by atomic mass is 35.5. The standard InChI is InChI=1S/C18H21ClN2O3/c1-21(11-12-24-16-9-7-15(23-2)8-10-16)18(22)20-13-14-5-3-4-6-17(14)19/h3-10H,11-13H2,1-2H3,(H,20,22). The summed E-state index contributed by atoms with van der Waals surface area (Å²) in [5, 5.41) is 3.48. The predicted molar refractivity (Wildman–Crippen MR) is 94.8 cm³/mol. The Balaban J connectivity index is 1.72. The van der Waals surface area contributed by atoms with E-state index in [1.165, 1.54) is 0 Å². The highest BCUT2D eigenvalue weighted by molar-refractivity contribution is 6.31. The smallest absolute Gasteiger partial charge is 0.317 e. The van der Waals surface area contributed by atoms with Crippen molar-refractivity contribution in [2.45, 2.75) is 6.54 Å². The minimum Gasteiger partial charge on any atom is -0.497 e. The van der Waals surface area contributed by atoms with Crippen molar-refractivity contribution in [3.63, 3.8) is 0 Å². The summed E-state index contributed by atoms with van der Waals surface area (Å²) in [5.74, 6) is 1.51. The molecule has 128 valence electrons. The van der Waals surface area contributed by atoms with E-state index < -0.39 is 0 Å². The summed E-state index contributed by atoms with van der Waals surface area (Å²) in [4.78, 5) is 13.6. The quantitative estimate of drug-likeness (QED) is 0.832. The SMILES string of the molecule is COc1ccc(OCCN(C)C(=O)NCc2ccccc2Cl)cc1. The van der Waals surface area contributed by atoms with Crippen molar-refractivity contribution in [3.8, 4) is 11.5 Å². The Morgan fingerprint density at radius 2 is 1.79 bits per heavy atom. The number of hydrogen-bond acceptors (Lipinski definition) is 3. The van der Waals surface area contributed by atoms with Crippen LogP contribution in [0.4, 0.5) is 4.79 Å². The van der Waals surface area contributed by atoms with Crippen LogP contribution in [0.5, 0.6) is 11.5 Å². The summed E-state index contributed by atoms with van der Waals surface area (Å²) < 4.78 is 10.7. The van der Waals surface area contributed by atoms with Gasteiger partial charge in [0.15, 0.2) is 0 Å². The molecule has 0 bridgehead atoms. The van der Waals surface area contributed by atoms with E-state index in [0.29, 0.717) is 24.7 Å². The third-order valence-electron chi connectivity index (χ3n) is 3.49. The molecule has 0 radical (unpaired) electrons. The number of halogens is 1. The van der Waals surface area contributed by atoms with E-state index in [0.717, 1.165) is 17.1 Å². The van der Waals surface area contributed by atoms with Crippen molar-refractivity contribution in [3.05, 3.63) is 59.1 Å². The first kappa shape index (κ1) is 17.9. The molecule has 0 aliphatic heterocycles. The number of methoxy groups -OCH3 is 1. The molecular weight excluding hydrogens is 328 g/mol. The van der Waals surface area contributed by atoms with Crippen LogP contribution in [0.1, 0.15) is 5.56 Å². The third kappa shape index (κ3) is 5.35. The monoisotopic (exact) mass is 348 g/mol. The molecule has 2 rings (SSSR count). The second kappa shape index (κ2) is 9.03. The lowest BCUT2D eigenvalue weighted by atomic mass is 10.2. The van der Waals surface area contributed by atoms with Gasteiger partial charge in [-0.05, 0) is 35.9 Å². The van der Waals surface area contributed by atoms with Gasteiger partial charge < -0.3 is 19.7 Å². The fraction of sp³-hybridized carbons (Fsp3) is 0.278. The molecule has 0 unspecified atom stereocenters. The van der Waals surface area contributed by atoms with Gasteiger partial charge in [-0.25, -0.2) is 4.79 Å². The second-order valence-corrected chi connectivity index (χ2v) is 5.60. The number of likely N-dealkylation sites (N-methyl/N-ethyl adjacent to an activating group) is 1. The summed E-state index contributed by atoms with van der Waals surface area (Å²) in [6.45, 7) is 1.27. The summed E-state index contributed by atoms with van der Waals surface area (Å²) in [5.41, 5.74) is 0.885. The number of hydrogen-bond donors (Lipinski definition) is 1. The van der Waals surface area contributed by atoms with Crippen LogP contribution in [-0.4, -0.2) is 38.2 Å². The molecule has 2 aromatic carbocycles. The van der Waals surface area contributed by atoms with Gasteiger partial charge in [-0.1, -0.05) is 29.8 Å². The number of ether oxygens (including phenoxy) is 2. The van der Waals surface area contributed by atoms with E-state index in [4.69, 9.17) is 21.1 Å². The molecule has 0 aromatic heterocycles. The number of rotatable bonds is 7. The molecule has 0 aliphatic carbocycles. The zero-order chi connectivity index (χ0) is 17.4. The van der Waals surface area contributed by atoms with Crippen LogP contribution >= 0.6 is 11.6 Å². The van der Waals surface area contributed by atoms with Gasteiger partial charge >= 0.3 is 6.03 Å². The van der Waals surface area contributed by atoms with Crippen molar-refractivity contribution in [1.82, 2.24) is 10.2 Å². The van der Waals surface area contributed by atoms with Gasteiger partial charge in [0.25, 0.3) is 0 Å². The van der Waals surface area contributed by atoms with E-state index in [2.05, 4.69) is 5.32 Å². The zero-order valence-corrected chi connectivity index (χ0v) is 14.5. The van der Waals surface area contributed by atoms with Crippen molar-refractivity contribution in [2.75, 3.05) is 27.3 Å². The Morgan fingerprint density at radius 1 is 1.12 bits per heavy atom. The molecule has 0 aliphatic rings. The number of carbonyl (C=O) groups is 1. The molecule has 0 saturated heterocycles. The average molecular weight is 349 g/mol. The molecule has 1 N–H and O–H groups in total. The van der Waals surface area contributed by atoms with Gasteiger partial charge in [0, 0.05) is 18.6 Å². The van der Waals surface area contributed by atoms with E-state index in [1.54, 1.807) is 25.1 Å². The topological polar surface area (TPSA) is 50.8 Å². The third-order valence-corrected chi connectivity index (χ3v) is 3.86. The molecule has 24 heavy (non-hydrogen) atoms. The largest absolute Gasteiger partial charge is 0.497 e. The fourth-order valence-electron chi connectivity index (χ4n) is 2.02. The molecule has 0 heterocycles. The summed E-state index contributed by atoms with van der Waals surface area (Å²) in [7, 11) is 3.34. The van der Waals surface area contributed by atoms with Crippen molar-refractivity contribution >= 4 is 17.6 Å². The van der Waals surface area contributed by atoms with Crippen LogP contribution in [0.2, 0.25) is 5.02 Å². The fourth-order valence-corrected chi connectivity index (χ4v) is 2.22. The lowest BCUT2D eigenvalue weighted by Crippen LogP contribution is -2.39. The predicted octanol–water partition coefficient (Wildman–Crippen LogP) is 3.57. The van der Waals surface area contributed by atoms with E-state index in [9.17, 15) is 4.79 Å². The first-order valence-electron chi connectivity index (χ1n) is 7.59. The van der Waals surface area contributed by atoms with Crippen molar-refractivity contribution < 1.29 is 14.3 Å². The number of urea groups is 1. The van der Waals surface area contributed by atoms with Crippen LogP contribution in [0.25, 0.3) is 0 Å². The Hall–Kier alpha value is -2.40. The minimum absolute atomic E-state index is 0.173. The lowest BCUT2D eigenvalue weighted by molar-refractivity contribution is 0.195. The van der Waals surface area contributed by atoms with E-state index >= 15 is 0 Å². The van der Waals surface area contributed by atoms with Gasteiger partial charge in [-0.3, -0.25) is 0 Å². The van der Waals surface area contributed by atoms with Crippen LogP contribution in [-0.2, 0) is 6.54 Å². The van der Waals surface area contributed by atoms with Gasteiger partial charge in [0.2, 0.25) is 0 Å². The van der Waals surface area contributed by atoms with Crippen molar-refractivity contribution in [1.29, 1.82) is 0 Å². The van der Waals surface area contributed by atoms with Crippen LogP contribution in [0, 0.1) is 0 Å². The van der Waals surface area contributed by atoms with Gasteiger partial charge in [0.05, 0.1) is 13.7 Å². The van der Waals surface area contributed by atoms with Crippen LogP contribution in [0.15, 0.2) is 48.5 Å². The molecule has 2 amide bonds. The Bertz CT molecular complexity index is 662. The normalized spacial score (nSPS) is 10.1. The Labute approximate surface area is 147 Å². The molecule has 5 nitrogen and oxygen atoms in total. The highest BCUT2D eigenvalue weighted by Gasteiger charge is 2.09. The van der Waals surface area contributed by atoms with Crippen LogP contribution in [0.3, 0.4) is 0 Å². The average Bonchev–Trinajstić information content (AvgIpc) is 2.61. The summed E-state index contributed by atoms with van der Waals surface area (Å²) in [6.07, 6.45) is 0. The molecule has 0 atom stereocenters. The molecule has 0 saturated carbocycles. The summed E-state index contributed by atoms with van der Waals surface area (Å²) >= 11 is 6.07. The van der Waals surface area contributed by atoms with E-state index in [-0.39, 0.29) is 6.03 Å². The number of nitrogens with one attached hydrogen (secondary N) is 1.